The standard InChI is InChI=1S/C24H28N2O3/c1-15(20-14-26(16(2)27)21-9-7-6-8-19(20)21)22(25)23(28)29-18-12-10-17(11-13-18)24(3,4)5/h6-15,22H,25H2,1-5H3. The van der Waals surface area contributed by atoms with Crippen molar-refractivity contribution >= 4 is 22.8 Å². The van der Waals surface area contributed by atoms with Crippen molar-refractivity contribution in [2.24, 2.45) is 5.73 Å². The molecule has 2 atom stereocenters. The van der Waals surface area contributed by atoms with Crippen molar-refractivity contribution in [1.29, 1.82) is 0 Å². The average Bonchev–Trinajstić information content (AvgIpc) is 3.06. The molecule has 5 nitrogen and oxygen atoms in total. The highest BCUT2D eigenvalue weighted by molar-refractivity contribution is 5.94. The maximum Gasteiger partial charge on any atom is 0.328 e. The van der Waals surface area contributed by atoms with E-state index in [0.717, 1.165) is 22.0 Å². The number of benzene rings is 2. The Bertz CT molecular complexity index is 1040. The van der Waals surface area contributed by atoms with Crippen molar-refractivity contribution < 1.29 is 14.3 Å². The number of hydrogen-bond acceptors (Lipinski definition) is 4. The molecule has 29 heavy (non-hydrogen) atoms. The number of carbonyl (C=O) groups excluding carboxylic acids is 2. The highest BCUT2D eigenvalue weighted by Gasteiger charge is 2.27. The van der Waals surface area contributed by atoms with E-state index in [2.05, 4.69) is 20.8 Å². The van der Waals surface area contributed by atoms with E-state index in [1.165, 1.54) is 6.92 Å². The smallest absolute Gasteiger partial charge is 0.328 e. The second kappa shape index (κ2) is 7.84. The Balaban J connectivity index is 1.81. The third-order valence-corrected chi connectivity index (χ3v) is 5.32. The van der Waals surface area contributed by atoms with E-state index >= 15 is 0 Å². The third kappa shape index (κ3) is 4.25. The van der Waals surface area contributed by atoms with Crippen LogP contribution in [0.5, 0.6) is 5.75 Å². The lowest BCUT2D eigenvalue weighted by atomic mass is 9.87. The quantitative estimate of drug-likeness (QED) is 0.519. The average molecular weight is 392 g/mol. The molecule has 0 spiro atoms. The summed E-state index contributed by atoms with van der Waals surface area (Å²) in [5.41, 5.74) is 9.09. The summed E-state index contributed by atoms with van der Waals surface area (Å²) in [6.07, 6.45) is 1.77. The molecule has 0 aliphatic heterocycles. The van der Waals surface area contributed by atoms with Crippen LogP contribution in [0.3, 0.4) is 0 Å². The van der Waals surface area contributed by atoms with Crippen molar-refractivity contribution in [1.82, 2.24) is 4.57 Å². The fourth-order valence-electron chi connectivity index (χ4n) is 3.43. The van der Waals surface area contributed by atoms with Gasteiger partial charge in [0.2, 0.25) is 5.91 Å². The monoisotopic (exact) mass is 392 g/mol. The summed E-state index contributed by atoms with van der Waals surface area (Å²) in [5.74, 6) is -0.436. The molecule has 0 amide bonds. The summed E-state index contributed by atoms with van der Waals surface area (Å²) in [5, 5.41) is 0.910. The summed E-state index contributed by atoms with van der Waals surface area (Å²) in [7, 11) is 0. The molecule has 0 aliphatic carbocycles. The molecule has 0 fully saturated rings. The van der Waals surface area contributed by atoms with Crippen LogP contribution >= 0.6 is 0 Å². The number of fused-ring (bicyclic) bond motifs is 1. The van der Waals surface area contributed by atoms with Gasteiger partial charge in [-0.3, -0.25) is 9.36 Å². The first-order valence-electron chi connectivity index (χ1n) is 9.78. The summed E-state index contributed by atoms with van der Waals surface area (Å²) in [6, 6.07) is 14.2. The van der Waals surface area contributed by atoms with Crippen LogP contribution in [0.2, 0.25) is 0 Å². The molecule has 152 valence electrons. The number of carbonyl (C=O) groups is 2. The van der Waals surface area contributed by atoms with E-state index in [4.69, 9.17) is 10.5 Å². The summed E-state index contributed by atoms with van der Waals surface area (Å²) in [6.45, 7) is 9.77. The Hall–Kier alpha value is -2.92. The van der Waals surface area contributed by atoms with Gasteiger partial charge >= 0.3 is 5.97 Å². The van der Waals surface area contributed by atoms with Gasteiger partial charge in [0, 0.05) is 24.4 Å². The number of nitrogens with two attached hydrogens (primary N) is 1. The lowest BCUT2D eigenvalue weighted by Gasteiger charge is -2.20. The third-order valence-electron chi connectivity index (χ3n) is 5.32. The molecule has 2 N–H and O–H groups in total. The largest absolute Gasteiger partial charge is 0.425 e. The Morgan fingerprint density at radius 1 is 1.03 bits per heavy atom. The molecule has 0 radical (unpaired) electrons. The normalized spacial score (nSPS) is 13.9. The van der Waals surface area contributed by atoms with Crippen LogP contribution in [0, 0.1) is 0 Å². The van der Waals surface area contributed by atoms with Gasteiger partial charge in [-0.2, -0.15) is 0 Å². The number of ether oxygens (including phenoxy) is 1. The van der Waals surface area contributed by atoms with Crippen LogP contribution in [0.15, 0.2) is 54.7 Å². The molecule has 1 heterocycles. The highest BCUT2D eigenvalue weighted by atomic mass is 16.5. The first-order valence-corrected chi connectivity index (χ1v) is 9.78. The number of esters is 1. The minimum Gasteiger partial charge on any atom is -0.425 e. The zero-order valence-electron chi connectivity index (χ0n) is 17.6. The Morgan fingerprint density at radius 2 is 1.66 bits per heavy atom. The summed E-state index contributed by atoms with van der Waals surface area (Å²) in [4.78, 5) is 24.6. The zero-order chi connectivity index (χ0) is 21.3. The van der Waals surface area contributed by atoms with Crippen LogP contribution in [0.25, 0.3) is 10.9 Å². The predicted molar refractivity (Wildman–Crippen MR) is 115 cm³/mol. The topological polar surface area (TPSA) is 74.3 Å². The fraction of sp³-hybridized carbons (Fsp3) is 0.333. The lowest BCUT2D eigenvalue weighted by molar-refractivity contribution is -0.136. The maximum atomic E-state index is 12.7. The van der Waals surface area contributed by atoms with E-state index in [1.54, 1.807) is 22.9 Å². The van der Waals surface area contributed by atoms with Crippen molar-refractivity contribution in [2.75, 3.05) is 0 Å². The number of hydrogen-bond donors (Lipinski definition) is 1. The summed E-state index contributed by atoms with van der Waals surface area (Å²) >= 11 is 0. The van der Waals surface area contributed by atoms with Crippen molar-refractivity contribution in [2.45, 2.75) is 52.0 Å². The van der Waals surface area contributed by atoms with Crippen LogP contribution in [0.4, 0.5) is 0 Å². The molecule has 3 aromatic rings. The molecule has 5 heteroatoms. The maximum absolute atomic E-state index is 12.7. The minimum atomic E-state index is -0.858. The second-order valence-corrected chi connectivity index (χ2v) is 8.50. The van der Waals surface area contributed by atoms with Gasteiger partial charge in [0.1, 0.15) is 11.8 Å². The Morgan fingerprint density at radius 3 is 2.24 bits per heavy atom. The molecule has 1 aromatic heterocycles. The van der Waals surface area contributed by atoms with Crippen LogP contribution in [-0.2, 0) is 10.2 Å². The van der Waals surface area contributed by atoms with Crippen LogP contribution in [-0.4, -0.2) is 22.5 Å². The van der Waals surface area contributed by atoms with E-state index in [0.29, 0.717) is 5.75 Å². The van der Waals surface area contributed by atoms with Gasteiger partial charge in [-0.25, -0.2) is 4.79 Å². The second-order valence-electron chi connectivity index (χ2n) is 8.50. The molecule has 0 bridgehead atoms. The van der Waals surface area contributed by atoms with Crippen LogP contribution < -0.4 is 10.5 Å². The SMILES string of the molecule is CC(=O)n1cc(C(C)C(N)C(=O)Oc2ccc(C(C)(C)C)cc2)c2ccccc21. The Labute approximate surface area is 171 Å². The molecule has 0 saturated carbocycles. The number of nitrogens with zero attached hydrogens (tertiary/aromatic N) is 1. The van der Waals surface area contributed by atoms with E-state index in [-0.39, 0.29) is 17.2 Å². The molecule has 0 saturated heterocycles. The molecular weight excluding hydrogens is 364 g/mol. The zero-order valence-corrected chi connectivity index (χ0v) is 17.6. The molecule has 2 unspecified atom stereocenters. The Kier molecular flexibility index (Phi) is 5.62. The van der Waals surface area contributed by atoms with E-state index < -0.39 is 12.0 Å². The van der Waals surface area contributed by atoms with Gasteiger partial charge in [0.25, 0.3) is 0 Å². The number of para-hydroxylation sites is 1. The van der Waals surface area contributed by atoms with Crippen molar-refractivity contribution in [3.8, 4) is 5.75 Å². The van der Waals surface area contributed by atoms with Gasteiger partial charge in [-0.1, -0.05) is 58.0 Å². The van der Waals surface area contributed by atoms with Crippen molar-refractivity contribution in [3.05, 3.63) is 65.9 Å². The highest BCUT2D eigenvalue weighted by Crippen LogP contribution is 2.30. The molecule has 3 rings (SSSR count). The van der Waals surface area contributed by atoms with Gasteiger partial charge in [0.05, 0.1) is 5.52 Å². The van der Waals surface area contributed by atoms with Gasteiger partial charge in [-0.05, 0) is 34.7 Å². The van der Waals surface area contributed by atoms with E-state index in [1.807, 2.05) is 43.3 Å². The number of aromatic nitrogens is 1. The number of rotatable bonds is 4. The summed E-state index contributed by atoms with van der Waals surface area (Å²) < 4.78 is 7.10. The van der Waals surface area contributed by atoms with Gasteiger partial charge < -0.3 is 10.5 Å². The predicted octanol–water partition coefficient (Wildman–Crippen LogP) is 4.64. The van der Waals surface area contributed by atoms with E-state index in [9.17, 15) is 9.59 Å². The first-order chi connectivity index (χ1) is 13.6. The molecular formula is C24H28N2O3. The van der Waals surface area contributed by atoms with Gasteiger partial charge in [-0.15, -0.1) is 0 Å². The minimum absolute atomic E-state index is 0.0262. The van der Waals surface area contributed by atoms with Crippen LogP contribution in [0.1, 0.15) is 56.5 Å². The fourth-order valence-corrected chi connectivity index (χ4v) is 3.43. The molecule has 0 aliphatic rings. The van der Waals surface area contributed by atoms with Crippen molar-refractivity contribution in [3.63, 3.8) is 0 Å². The van der Waals surface area contributed by atoms with Gasteiger partial charge in [0.15, 0.2) is 0 Å². The first kappa shape index (κ1) is 20.8. The lowest BCUT2D eigenvalue weighted by Crippen LogP contribution is -2.38. The molecule has 2 aromatic carbocycles.